The van der Waals surface area contributed by atoms with E-state index in [2.05, 4.69) is 4.98 Å². The number of aromatic nitrogens is 1. The van der Waals surface area contributed by atoms with Crippen LogP contribution in [0.25, 0.3) is 23.1 Å². The van der Waals surface area contributed by atoms with Crippen molar-refractivity contribution in [2.75, 3.05) is 0 Å². The third-order valence-electron chi connectivity index (χ3n) is 3.63. The maximum atomic E-state index is 11.6. The molecule has 0 unspecified atom stereocenters. The first-order valence-electron chi connectivity index (χ1n) is 7.81. The van der Waals surface area contributed by atoms with Crippen LogP contribution < -0.4 is 4.74 Å². The first-order valence-corrected chi connectivity index (χ1v) is 8.56. The summed E-state index contributed by atoms with van der Waals surface area (Å²) in [6.45, 7) is 1.75. The molecule has 0 radical (unpaired) electrons. The lowest BCUT2D eigenvalue weighted by Gasteiger charge is -2.07. The van der Waals surface area contributed by atoms with Gasteiger partial charge in [0.2, 0.25) is 0 Å². The molecule has 0 aliphatic heterocycles. The SMILES string of the molecule is CCC(=O)Oc1cccc2ccc(/C=C/c3cccc(Cl)c3Cl)nc12. The molecule has 0 N–H and O–H groups in total. The van der Waals surface area contributed by atoms with Crippen molar-refractivity contribution >= 4 is 52.2 Å². The molecule has 0 amide bonds. The summed E-state index contributed by atoms with van der Waals surface area (Å²) in [6.07, 6.45) is 4.00. The van der Waals surface area contributed by atoms with Gasteiger partial charge in [0.1, 0.15) is 5.52 Å². The van der Waals surface area contributed by atoms with Crippen LogP contribution in [0.2, 0.25) is 10.0 Å². The third-order valence-corrected chi connectivity index (χ3v) is 4.47. The minimum Gasteiger partial charge on any atom is -0.424 e. The standard InChI is InChI=1S/C20H15Cl2NO2/c1-2-18(24)25-17-8-4-6-14-10-12-15(23-20(14)17)11-9-13-5-3-7-16(21)19(13)22/h3-12H,2H2,1H3/b11-9+. The predicted octanol–water partition coefficient (Wildman–Crippen LogP) is 6.03. The molecule has 0 saturated heterocycles. The summed E-state index contributed by atoms with van der Waals surface area (Å²) in [5.74, 6) is 0.168. The lowest BCUT2D eigenvalue weighted by Crippen LogP contribution is -2.06. The van der Waals surface area contributed by atoms with Crippen molar-refractivity contribution in [1.82, 2.24) is 4.98 Å². The lowest BCUT2D eigenvalue weighted by molar-refractivity contribution is -0.133. The zero-order valence-corrected chi connectivity index (χ0v) is 15.0. The Morgan fingerprint density at radius 2 is 1.88 bits per heavy atom. The minimum atomic E-state index is -0.291. The van der Waals surface area contributed by atoms with E-state index < -0.39 is 0 Å². The van der Waals surface area contributed by atoms with Gasteiger partial charge in [-0.2, -0.15) is 0 Å². The van der Waals surface area contributed by atoms with E-state index in [1.165, 1.54) is 0 Å². The number of hydrogen-bond acceptors (Lipinski definition) is 3. The molecule has 2 aromatic carbocycles. The summed E-state index contributed by atoms with van der Waals surface area (Å²) in [5.41, 5.74) is 2.17. The van der Waals surface area contributed by atoms with Crippen molar-refractivity contribution in [3.63, 3.8) is 0 Å². The molecule has 25 heavy (non-hydrogen) atoms. The van der Waals surface area contributed by atoms with E-state index in [0.717, 1.165) is 16.6 Å². The van der Waals surface area contributed by atoms with Crippen LogP contribution in [0, 0.1) is 0 Å². The Balaban J connectivity index is 1.97. The molecule has 0 aliphatic rings. The van der Waals surface area contributed by atoms with E-state index in [4.69, 9.17) is 27.9 Å². The van der Waals surface area contributed by atoms with Gasteiger partial charge in [-0.3, -0.25) is 4.79 Å². The number of carbonyl (C=O) groups excluding carboxylic acids is 1. The maximum Gasteiger partial charge on any atom is 0.310 e. The molecule has 0 fully saturated rings. The Labute approximate surface area is 155 Å². The second kappa shape index (κ2) is 7.68. The zero-order chi connectivity index (χ0) is 17.8. The molecule has 3 nitrogen and oxygen atoms in total. The number of rotatable bonds is 4. The Bertz CT molecular complexity index is 967. The molecule has 0 atom stereocenters. The van der Waals surface area contributed by atoms with Crippen molar-refractivity contribution in [2.45, 2.75) is 13.3 Å². The van der Waals surface area contributed by atoms with Crippen LogP contribution in [0.15, 0.2) is 48.5 Å². The third kappa shape index (κ3) is 4.01. The Hall–Kier alpha value is -2.36. The van der Waals surface area contributed by atoms with Gasteiger partial charge in [-0.25, -0.2) is 4.98 Å². The first kappa shape index (κ1) is 17.5. The van der Waals surface area contributed by atoms with Crippen molar-refractivity contribution < 1.29 is 9.53 Å². The van der Waals surface area contributed by atoms with Gasteiger partial charge < -0.3 is 4.74 Å². The Morgan fingerprint density at radius 1 is 1.08 bits per heavy atom. The van der Waals surface area contributed by atoms with E-state index >= 15 is 0 Å². The van der Waals surface area contributed by atoms with Gasteiger partial charge >= 0.3 is 5.97 Å². The quantitative estimate of drug-likeness (QED) is 0.415. The van der Waals surface area contributed by atoms with E-state index in [9.17, 15) is 4.79 Å². The highest BCUT2D eigenvalue weighted by atomic mass is 35.5. The van der Waals surface area contributed by atoms with Gasteiger partial charge in [-0.05, 0) is 29.8 Å². The molecule has 0 bridgehead atoms. The molecule has 3 rings (SSSR count). The second-order valence-corrected chi connectivity index (χ2v) is 6.15. The summed E-state index contributed by atoms with van der Waals surface area (Å²) in [4.78, 5) is 16.2. The number of fused-ring (bicyclic) bond motifs is 1. The van der Waals surface area contributed by atoms with Crippen molar-refractivity contribution in [2.24, 2.45) is 0 Å². The van der Waals surface area contributed by atoms with Gasteiger partial charge in [-0.1, -0.05) is 66.5 Å². The van der Waals surface area contributed by atoms with Crippen molar-refractivity contribution in [3.05, 3.63) is 69.8 Å². The first-order chi connectivity index (χ1) is 12.1. The molecular weight excluding hydrogens is 357 g/mol. The molecule has 0 saturated carbocycles. The zero-order valence-electron chi connectivity index (χ0n) is 13.5. The fourth-order valence-corrected chi connectivity index (χ4v) is 2.70. The average molecular weight is 372 g/mol. The topological polar surface area (TPSA) is 39.2 Å². The van der Waals surface area contributed by atoms with Crippen LogP contribution in [0.3, 0.4) is 0 Å². The molecule has 3 aromatic rings. The Kier molecular flexibility index (Phi) is 5.37. The highest BCUT2D eigenvalue weighted by molar-refractivity contribution is 6.42. The summed E-state index contributed by atoms with van der Waals surface area (Å²) >= 11 is 12.2. The van der Waals surface area contributed by atoms with Gasteiger partial charge in [-0.15, -0.1) is 0 Å². The number of nitrogens with zero attached hydrogens (tertiary/aromatic N) is 1. The second-order valence-electron chi connectivity index (χ2n) is 5.37. The molecule has 0 spiro atoms. The predicted molar refractivity (Wildman–Crippen MR) is 103 cm³/mol. The number of esters is 1. The van der Waals surface area contributed by atoms with Gasteiger partial charge in [0, 0.05) is 11.8 Å². The van der Waals surface area contributed by atoms with E-state index in [-0.39, 0.29) is 5.97 Å². The van der Waals surface area contributed by atoms with Crippen LogP contribution in [0.1, 0.15) is 24.6 Å². The van der Waals surface area contributed by atoms with Crippen LogP contribution in [0.5, 0.6) is 5.75 Å². The monoisotopic (exact) mass is 371 g/mol. The molecular formula is C20H15Cl2NO2. The number of para-hydroxylation sites is 1. The smallest absolute Gasteiger partial charge is 0.310 e. The summed E-state index contributed by atoms with van der Waals surface area (Å²) in [5, 5.41) is 1.90. The molecule has 1 heterocycles. The largest absolute Gasteiger partial charge is 0.424 e. The molecule has 5 heteroatoms. The number of benzene rings is 2. The summed E-state index contributed by atoms with van der Waals surface area (Å²) in [7, 11) is 0. The van der Waals surface area contributed by atoms with Crippen LogP contribution in [-0.2, 0) is 4.79 Å². The van der Waals surface area contributed by atoms with E-state index in [1.54, 1.807) is 19.1 Å². The number of halogens is 2. The summed E-state index contributed by atoms with van der Waals surface area (Å²) < 4.78 is 5.37. The van der Waals surface area contributed by atoms with E-state index in [1.807, 2.05) is 48.6 Å². The average Bonchev–Trinajstić information content (AvgIpc) is 2.63. The molecule has 126 valence electrons. The normalized spacial score (nSPS) is 11.2. The van der Waals surface area contributed by atoms with Crippen molar-refractivity contribution in [3.8, 4) is 5.75 Å². The molecule has 0 aliphatic carbocycles. The minimum absolute atomic E-state index is 0.291. The number of hydrogen-bond donors (Lipinski definition) is 0. The lowest BCUT2D eigenvalue weighted by atomic mass is 10.1. The number of pyridine rings is 1. The maximum absolute atomic E-state index is 11.6. The highest BCUT2D eigenvalue weighted by Gasteiger charge is 2.08. The van der Waals surface area contributed by atoms with Crippen LogP contribution in [0.4, 0.5) is 0 Å². The number of carbonyl (C=O) groups is 1. The fourth-order valence-electron chi connectivity index (χ4n) is 2.33. The van der Waals surface area contributed by atoms with Gasteiger partial charge in [0.25, 0.3) is 0 Å². The van der Waals surface area contributed by atoms with E-state index in [0.29, 0.717) is 27.7 Å². The Morgan fingerprint density at radius 3 is 2.68 bits per heavy atom. The van der Waals surface area contributed by atoms with Gasteiger partial charge in [0.15, 0.2) is 5.75 Å². The van der Waals surface area contributed by atoms with Crippen LogP contribution in [-0.4, -0.2) is 11.0 Å². The summed E-state index contributed by atoms with van der Waals surface area (Å²) in [6, 6.07) is 14.8. The molecule has 1 aromatic heterocycles. The number of ether oxygens (including phenoxy) is 1. The van der Waals surface area contributed by atoms with Gasteiger partial charge in [0.05, 0.1) is 15.7 Å². The van der Waals surface area contributed by atoms with Crippen molar-refractivity contribution in [1.29, 1.82) is 0 Å². The van der Waals surface area contributed by atoms with Crippen LogP contribution >= 0.6 is 23.2 Å². The fraction of sp³-hybridized carbons (Fsp3) is 0.100. The highest BCUT2D eigenvalue weighted by Crippen LogP contribution is 2.28.